The van der Waals surface area contributed by atoms with Crippen molar-refractivity contribution in [1.82, 2.24) is 0 Å². The topological polar surface area (TPSA) is 3.24 Å². The fourth-order valence-electron chi connectivity index (χ4n) is 3.13. The predicted octanol–water partition coefficient (Wildman–Crippen LogP) is 8.33. The third kappa shape index (κ3) is 5.97. The van der Waals surface area contributed by atoms with E-state index in [9.17, 15) is 57.1 Å². The lowest BCUT2D eigenvalue weighted by molar-refractivity contribution is -0.291. The highest BCUT2D eigenvalue weighted by atomic mass is 19.4. The molecule has 0 fully saturated rings. The Morgan fingerprint density at radius 3 is 1.76 bits per heavy atom. The molecule has 1 aromatic carbocycles. The lowest BCUT2D eigenvalue weighted by Crippen LogP contribution is -2.54. The Kier molecular flexibility index (Phi) is 8.97. The Morgan fingerprint density at radius 2 is 1.33 bits per heavy atom. The van der Waals surface area contributed by atoms with Gasteiger partial charge in [-0.25, -0.2) is 13.2 Å². The number of benzene rings is 1. The van der Waals surface area contributed by atoms with Gasteiger partial charge in [-0.2, -0.15) is 43.9 Å². The predicted molar refractivity (Wildman–Crippen MR) is 92.5 cm³/mol. The Hall–Kier alpha value is -1.89. The van der Waals surface area contributed by atoms with Crippen LogP contribution in [0.4, 0.5) is 62.8 Å². The van der Waals surface area contributed by atoms with Crippen molar-refractivity contribution in [3.63, 3.8) is 0 Å². The average molecular weight is 509 g/mol. The largest absolute Gasteiger partial charge is 0.475 e. The van der Waals surface area contributed by atoms with Crippen LogP contribution in [0.1, 0.15) is 51.5 Å². The first-order valence-corrected chi connectivity index (χ1v) is 9.69. The maximum atomic E-state index is 14.6. The van der Waals surface area contributed by atoms with Crippen LogP contribution >= 0.6 is 0 Å². The molecule has 0 aromatic heterocycles. The molecule has 1 rings (SSSR count). The molecule has 0 aliphatic heterocycles. The van der Waals surface area contributed by atoms with E-state index in [4.69, 9.17) is 0 Å². The van der Waals surface area contributed by atoms with Gasteiger partial charge in [0.25, 0.3) is 0 Å². The van der Waals surface area contributed by atoms with Crippen LogP contribution in [0.15, 0.2) is 6.07 Å². The molecule has 1 unspecified atom stereocenters. The van der Waals surface area contributed by atoms with Crippen molar-refractivity contribution in [2.24, 2.45) is 5.92 Å². The summed E-state index contributed by atoms with van der Waals surface area (Å²) in [6.45, 7) is 1.93. The molecule has 1 atom stereocenters. The molecule has 0 heterocycles. The van der Waals surface area contributed by atoms with Crippen LogP contribution in [0.2, 0.25) is 0 Å². The van der Waals surface area contributed by atoms with E-state index >= 15 is 0 Å². The highest BCUT2D eigenvalue weighted by Gasteiger charge is 2.65. The number of halogens is 13. The van der Waals surface area contributed by atoms with Crippen LogP contribution < -0.4 is 4.90 Å². The number of anilines is 1. The summed E-state index contributed by atoms with van der Waals surface area (Å²) in [6.07, 6.45) is -11.9. The minimum Gasteiger partial charge on any atom is -0.303 e. The first kappa shape index (κ1) is 29.1. The smallest absolute Gasteiger partial charge is 0.303 e. The van der Waals surface area contributed by atoms with Gasteiger partial charge in [0.05, 0.1) is 5.69 Å². The van der Waals surface area contributed by atoms with E-state index in [1.54, 1.807) is 13.8 Å². The van der Waals surface area contributed by atoms with Crippen molar-refractivity contribution in [3.05, 3.63) is 29.1 Å². The number of rotatable bonds is 10. The van der Waals surface area contributed by atoms with Crippen LogP contribution in [0.5, 0.6) is 0 Å². The third-order valence-electron chi connectivity index (χ3n) is 5.08. The van der Waals surface area contributed by atoms with Crippen LogP contribution in [0, 0.1) is 23.4 Å². The second kappa shape index (κ2) is 10.2. The zero-order valence-corrected chi connectivity index (χ0v) is 17.3. The maximum Gasteiger partial charge on any atom is 0.475 e. The normalized spacial score (nSPS) is 14.5. The molecule has 1 aromatic rings. The summed E-state index contributed by atoms with van der Waals surface area (Å²) >= 11 is 0. The average Bonchev–Trinajstić information content (AvgIpc) is 2.66. The second-order valence-corrected chi connectivity index (χ2v) is 7.35. The number of unbranched alkanes of at least 4 members (excludes halogenated alkanes) is 1. The van der Waals surface area contributed by atoms with Crippen LogP contribution in [-0.4, -0.2) is 24.9 Å². The van der Waals surface area contributed by atoms with Crippen molar-refractivity contribution >= 4 is 5.69 Å². The molecule has 192 valence electrons. The molecule has 0 bridgehead atoms. The van der Waals surface area contributed by atoms with Gasteiger partial charge in [0.1, 0.15) is 5.56 Å². The summed E-state index contributed by atoms with van der Waals surface area (Å²) in [5, 5.41) is 0. The molecule has 0 spiro atoms. The van der Waals surface area contributed by atoms with Gasteiger partial charge in [-0.05, 0) is 12.3 Å². The molecule has 0 saturated heterocycles. The van der Waals surface area contributed by atoms with Crippen molar-refractivity contribution in [2.75, 3.05) is 11.4 Å². The molecule has 0 saturated carbocycles. The monoisotopic (exact) mass is 509 g/mol. The first-order valence-electron chi connectivity index (χ1n) is 9.69. The zero-order valence-electron chi connectivity index (χ0n) is 17.3. The van der Waals surface area contributed by atoms with Gasteiger partial charge < -0.3 is 4.90 Å². The Labute approximate surface area is 180 Å². The molecule has 33 heavy (non-hydrogen) atoms. The minimum atomic E-state index is -6.70. The van der Waals surface area contributed by atoms with Crippen LogP contribution in [0.25, 0.3) is 0 Å². The van der Waals surface area contributed by atoms with E-state index in [0.717, 1.165) is 0 Å². The molecule has 0 aliphatic rings. The van der Waals surface area contributed by atoms with Crippen molar-refractivity contribution < 1.29 is 57.1 Å². The fraction of sp³-hybridized carbons (Fsp3) is 0.684. The third-order valence-corrected chi connectivity index (χ3v) is 5.08. The van der Waals surface area contributed by atoms with Crippen molar-refractivity contribution in [1.29, 1.82) is 0 Å². The Balaban J connectivity index is 3.72. The van der Waals surface area contributed by atoms with E-state index in [2.05, 4.69) is 0 Å². The second-order valence-electron chi connectivity index (χ2n) is 7.35. The highest BCUT2D eigenvalue weighted by molar-refractivity contribution is 5.54. The lowest BCUT2D eigenvalue weighted by Gasteiger charge is -2.36. The molecule has 0 amide bonds. The van der Waals surface area contributed by atoms with Gasteiger partial charge in [0, 0.05) is 12.6 Å². The van der Waals surface area contributed by atoms with Gasteiger partial charge >= 0.3 is 24.3 Å². The molecule has 0 N–H and O–H groups in total. The van der Waals surface area contributed by atoms with Gasteiger partial charge in [0.2, 0.25) is 0 Å². The van der Waals surface area contributed by atoms with Gasteiger partial charge in [-0.3, -0.25) is 0 Å². The molecular weight excluding hydrogens is 489 g/mol. The van der Waals surface area contributed by atoms with Gasteiger partial charge in [0.15, 0.2) is 17.5 Å². The number of nitrogens with zero attached hydrogens (tertiary/aromatic N) is 1. The van der Waals surface area contributed by atoms with E-state index < -0.39 is 82.9 Å². The standard InChI is InChI=1S/C19H20F13N/c1-3-5-6-10(4-2)7-8-33(19(31,32)18(28,29)30)12-9-11(20)14(21)13(15(12)22)16(23,24)17(25,26)27/h9-10H,3-8H2,1-2H3. The maximum absolute atomic E-state index is 14.6. The highest BCUT2D eigenvalue weighted by Crippen LogP contribution is 2.49. The Morgan fingerprint density at radius 1 is 0.788 bits per heavy atom. The number of hydrogen-bond donors (Lipinski definition) is 0. The van der Waals surface area contributed by atoms with E-state index in [-0.39, 0.29) is 6.42 Å². The zero-order chi connectivity index (χ0) is 26.0. The molecule has 0 radical (unpaired) electrons. The van der Waals surface area contributed by atoms with E-state index in [1.807, 2.05) is 0 Å². The van der Waals surface area contributed by atoms with E-state index in [1.165, 1.54) is 0 Å². The first-order chi connectivity index (χ1) is 14.8. The summed E-state index contributed by atoms with van der Waals surface area (Å²) in [4.78, 5) is -1.16. The summed E-state index contributed by atoms with van der Waals surface area (Å²) < 4.78 is 175. The molecule has 1 nitrogen and oxygen atoms in total. The quantitative estimate of drug-likeness (QED) is 0.174. The van der Waals surface area contributed by atoms with Crippen molar-refractivity contribution in [3.8, 4) is 0 Å². The SMILES string of the molecule is CCCCC(CC)CCN(c1cc(F)c(F)c(C(F)(F)C(F)(F)F)c1F)C(F)(F)C(F)(F)F. The fourth-order valence-corrected chi connectivity index (χ4v) is 3.13. The van der Waals surface area contributed by atoms with Crippen LogP contribution in [-0.2, 0) is 5.92 Å². The summed E-state index contributed by atoms with van der Waals surface area (Å²) in [7, 11) is 0. The van der Waals surface area contributed by atoms with Gasteiger partial charge in [-0.1, -0.05) is 39.5 Å². The summed E-state index contributed by atoms with van der Waals surface area (Å²) in [5.74, 6) is -15.7. The Bertz CT molecular complexity index is 798. The molecular formula is C19H20F13N. The summed E-state index contributed by atoms with van der Waals surface area (Å²) in [5.41, 5.74) is -5.59. The lowest BCUT2D eigenvalue weighted by atomic mass is 9.95. The summed E-state index contributed by atoms with van der Waals surface area (Å²) in [6, 6.07) is -6.61. The minimum absolute atomic E-state index is 0.267. The van der Waals surface area contributed by atoms with E-state index in [0.29, 0.717) is 19.3 Å². The van der Waals surface area contributed by atoms with Crippen molar-refractivity contribution in [2.45, 2.75) is 70.3 Å². The molecule has 14 heteroatoms. The van der Waals surface area contributed by atoms with Gasteiger partial charge in [-0.15, -0.1) is 0 Å². The molecule has 0 aliphatic carbocycles. The number of hydrogen-bond acceptors (Lipinski definition) is 1. The van der Waals surface area contributed by atoms with Crippen LogP contribution in [0.3, 0.4) is 0 Å². The number of alkyl halides is 10.